The number of aromatic nitrogens is 2. The minimum absolute atomic E-state index is 0.0515. The van der Waals surface area contributed by atoms with Gasteiger partial charge in [0.1, 0.15) is 0 Å². The Hall–Kier alpha value is -0.990. The Morgan fingerprint density at radius 2 is 2.41 bits per heavy atom. The molecule has 0 aromatic carbocycles. The van der Waals surface area contributed by atoms with Gasteiger partial charge in [-0.1, -0.05) is 5.16 Å². The molecule has 1 aliphatic rings. The standard InChI is InChI=1S/C9H16N4O3S/c1-7-12-9(16-13-7)5-11-17(14,15)6-8-3-2-4-10-8/h8,10-11H,2-6H2,1H3. The van der Waals surface area contributed by atoms with E-state index in [-0.39, 0.29) is 24.2 Å². The fourth-order valence-electron chi connectivity index (χ4n) is 1.81. The first kappa shape index (κ1) is 12.5. The average molecular weight is 260 g/mol. The lowest BCUT2D eigenvalue weighted by molar-refractivity contribution is 0.372. The molecule has 7 nitrogen and oxygen atoms in total. The summed E-state index contributed by atoms with van der Waals surface area (Å²) < 4.78 is 30.7. The second-order valence-corrected chi connectivity index (χ2v) is 5.98. The predicted octanol–water partition coefficient (Wildman–Crippen LogP) is -0.451. The van der Waals surface area contributed by atoms with Crippen molar-refractivity contribution in [2.75, 3.05) is 12.3 Å². The lowest BCUT2D eigenvalue weighted by Crippen LogP contribution is -2.36. The number of nitrogens with one attached hydrogen (secondary N) is 2. The van der Waals surface area contributed by atoms with Crippen LogP contribution in [0.4, 0.5) is 0 Å². The van der Waals surface area contributed by atoms with Crippen molar-refractivity contribution in [3.63, 3.8) is 0 Å². The van der Waals surface area contributed by atoms with Gasteiger partial charge in [0.2, 0.25) is 15.9 Å². The Kier molecular flexibility index (Phi) is 3.75. The zero-order valence-electron chi connectivity index (χ0n) is 9.64. The highest BCUT2D eigenvalue weighted by atomic mass is 32.2. The molecule has 0 aliphatic carbocycles. The van der Waals surface area contributed by atoms with E-state index in [0.717, 1.165) is 19.4 Å². The summed E-state index contributed by atoms with van der Waals surface area (Å²) >= 11 is 0. The Morgan fingerprint density at radius 1 is 1.59 bits per heavy atom. The molecule has 96 valence electrons. The molecule has 2 rings (SSSR count). The molecule has 0 amide bonds. The Morgan fingerprint density at radius 3 is 3.00 bits per heavy atom. The van der Waals surface area contributed by atoms with E-state index >= 15 is 0 Å². The highest BCUT2D eigenvalue weighted by Crippen LogP contribution is 2.07. The van der Waals surface area contributed by atoms with E-state index in [4.69, 9.17) is 4.52 Å². The third-order valence-corrected chi connectivity index (χ3v) is 4.02. The quantitative estimate of drug-likeness (QED) is 0.744. The van der Waals surface area contributed by atoms with Gasteiger partial charge in [-0.3, -0.25) is 0 Å². The molecule has 0 saturated carbocycles. The van der Waals surface area contributed by atoms with E-state index in [1.54, 1.807) is 6.92 Å². The topological polar surface area (TPSA) is 97.1 Å². The van der Waals surface area contributed by atoms with Gasteiger partial charge in [-0.25, -0.2) is 13.1 Å². The molecule has 1 aromatic rings. The number of hydrogen-bond acceptors (Lipinski definition) is 6. The lowest BCUT2D eigenvalue weighted by Gasteiger charge is -2.10. The van der Waals surface area contributed by atoms with Crippen LogP contribution in [0.1, 0.15) is 24.6 Å². The zero-order valence-corrected chi connectivity index (χ0v) is 10.5. The maximum atomic E-state index is 11.7. The molecule has 2 heterocycles. The molecule has 1 atom stereocenters. The number of nitrogens with zero attached hydrogens (tertiary/aromatic N) is 2. The highest BCUT2D eigenvalue weighted by molar-refractivity contribution is 7.89. The van der Waals surface area contributed by atoms with E-state index in [0.29, 0.717) is 5.82 Å². The summed E-state index contributed by atoms with van der Waals surface area (Å²) in [6, 6.07) is 0.0527. The SMILES string of the molecule is Cc1noc(CNS(=O)(=O)CC2CCCN2)n1. The van der Waals surface area contributed by atoms with Crippen LogP contribution in [-0.2, 0) is 16.6 Å². The predicted molar refractivity (Wildman–Crippen MR) is 60.7 cm³/mol. The summed E-state index contributed by atoms with van der Waals surface area (Å²) in [5.74, 6) is 0.877. The van der Waals surface area contributed by atoms with Crippen LogP contribution in [0.25, 0.3) is 0 Å². The van der Waals surface area contributed by atoms with Crippen molar-refractivity contribution in [2.24, 2.45) is 0 Å². The fraction of sp³-hybridized carbons (Fsp3) is 0.778. The van der Waals surface area contributed by atoms with Crippen molar-refractivity contribution >= 4 is 10.0 Å². The van der Waals surface area contributed by atoms with Gasteiger partial charge in [0.25, 0.3) is 0 Å². The molecule has 1 saturated heterocycles. The summed E-state index contributed by atoms with van der Waals surface area (Å²) in [6.45, 7) is 2.63. The largest absolute Gasteiger partial charge is 0.338 e. The van der Waals surface area contributed by atoms with E-state index in [2.05, 4.69) is 20.2 Å². The van der Waals surface area contributed by atoms with E-state index < -0.39 is 10.0 Å². The average Bonchev–Trinajstić information content (AvgIpc) is 2.86. The molecule has 1 unspecified atom stereocenters. The second kappa shape index (κ2) is 5.11. The summed E-state index contributed by atoms with van der Waals surface area (Å²) in [4.78, 5) is 3.93. The number of rotatable bonds is 5. The maximum absolute atomic E-state index is 11.7. The van der Waals surface area contributed by atoms with Crippen LogP contribution in [0.5, 0.6) is 0 Å². The smallest absolute Gasteiger partial charge is 0.241 e. The first-order valence-electron chi connectivity index (χ1n) is 5.55. The van der Waals surface area contributed by atoms with Crippen molar-refractivity contribution in [3.05, 3.63) is 11.7 Å². The van der Waals surface area contributed by atoms with Crippen LogP contribution in [-0.4, -0.2) is 36.9 Å². The summed E-state index contributed by atoms with van der Waals surface area (Å²) in [5.41, 5.74) is 0. The lowest BCUT2D eigenvalue weighted by atomic mass is 10.3. The minimum atomic E-state index is -3.29. The van der Waals surface area contributed by atoms with Gasteiger partial charge in [-0.05, 0) is 26.3 Å². The molecule has 1 aliphatic heterocycles. The Balaban J connectivity index is 1.84. The second-order valence-electron chi connectivity index (χ2n) is 4.13. The Bertz CT molecular complexity index is 464. The number of hydrogen-bond donors (Lipinski definition) is 2. The highest BCUT2D eigenvalue weighted by Gasteiger charge is 2.22. The summed E-state index contributed by atoms with van der Waals surface area (Å²) in [6.07, 6.45) is 1.93. The van der Waals surface area contributed by atoms with Crippen molar-refractivity contribution in [1.29, 1.82) is 0 Å². The summed E-state index contributed by atoms with van der Waals surface area (Å²) in [7, 11) is -3.29. The van der Waals surface area contributed by atoms with Gasteiger partial charge in [0, 0.05) is 6.04 Å². The van der Waals surface area contributed by atoms with Gasteiger partial charge >= 0.3 is 0 Å². The van der Waals surface area contributed by atoms with E-state index in [1.807, 2.05) is 0 Å². The molecule has 17 heavy (non-hydrogen) atoms. The normalized spacial score (nSPS) is 20.9. The first-order valence-corrected chi connectivity index (χ1v) is 7.20. The van der Waals surface area contributed by atoms with Crippen molar-refractivity contribution in [3.8, 4) is 0 Å². The Labute approximate surface area is 100 Å². The van der Waals surface area contributed by atoms with Crippen molar-refractivity contribution < 1.29 is 12.9 Å². The van der Waals surface area contributed by atoms with Gasteiger partial charge in [-0.2, -0.15) is 4.98 Å². The molecular weight excluding hydrogens is 244 g/mol. The van der Waals surface area contributed by atoms with Crippen molar-refractivity contribution in [2.45, 2.75) is 32.4 Å². The minimum Gasteiger partial charge on any atom is -0.338 e. The van der Waals surface area contributed by atoms with Crippen molar-refractivity contribution in [1.82, 2.24) is 20.2 Å². The molecule has 1 fully saturated rings. The van der Waals surface area contributed by atoms with Crippen LogP contribution < -0.4 is 10.0 Å². The zero-order chi connectivity index (χ0) is 12.3. The molecule has 0 radical (unpaired) electrons. The molecule has 8 heteroatoms. The van der Waals surface area contributed by atoms with Crippen LogP contribution in [0.15, 0.2) is 4.52 Å². The van der Waals surface area contributed by atoms with E-state index in [9.17, 15) is 8.42 Å². The fourth-order valence-corrected chi connectivity index (χ4v) is 3.08. The van der Waals surface area contributed by atoms with Crippen LogP contribution in [0, 0.1) is 6.92 Å². The molecular formula is C9H16N4O3S. The van der Waals surface area contributed by atoms with Gasteiger partial charge < -0.3 is 9.84 Å². The van der Waals surface area contributed by atoms with E-state index in [1.165, 1.54) is 0 Å². The van der Waals surface area contributed by atoms with Gasteiger partial charge in [0.15, 0.2) is 5.82 Å². The monoisotopic (exact) mass is 260 g/mol. The third kappa shape index (κ3) is 3.76. The summed E-state index contributed by atoms with van der Waals surface area (Å²) in [5, 5.41) is 6.73. The molecule has 0 spiro atoms. The number of aryl methyl sites for hydroxylation is 1. The molecule has 2 N–H and O–H groups in total. The first-order chi connectivity index (χ1) is 8.05. The van der Waals surface area contributed by atoms with Gasteiger partial charge in [0.05, 0.1) is 12.3 Å². The van der Waals surface area contributed by atoms with Crippen LogP contribution >= 0.6 is 0 Å². The molecule has 1 aromatic heterocycles. The third-order valence-electron chi connectivity index (χ3n) is 2.60. The molecule has 0 bridgehead atoms. The van der Waals surface area contributed by atoms with Gasteiger partial charge in [-0.15, -0.1) is 0 Å². The van der Waals surface area contributed by atoms with Crippen LogP contribution in [0.3, 0.4) is 0 Å². The number of sulfonamides is 1. The van der Waals surface area contributed by atoms with Crippen LogP contribution in [0.2, 0.25) is 0 Å². The maximum Gasteiger partial charge on any atom is 0.241 e.